The number of carbonyl (C=O) groups excluding carboxylic acids is 1. The van der Waals surface area contributed by atoms with Crippen LogP contribution in [0.5, 0.6) is 0 Å². The van der Waals surface area contributed by atoms with E-state index in [1.807, 2.05) is 7.05 Å². The van der Waals surface area contributed by atoms with Crippen LogP contribution in [-0.4, -0.2) is 73.9 Å². The minimum Gasteiger partial charge on any atom is -0.396 e. The third-order valence-corrected chi connectivity index (χ3v) is 11.9. The highest BCUT2D eigenvalue weighted by atomic mass is 35.5. The molecule has 47 heavy (non-hydrogen) atoms. The predicted octanol–water partition coefficient (Wildman–Crippen LogP) is 5.73. The Hall–Kier alpha value is -2.57. The molecule has 6 rings (SSSR count). The second-order valence-corrected chi connectivity index (χ2v) is 16.5. The molecule has 2 aliphatic heterocycles. The number of aliphatic hydroxyl groups is 2. The molecule has 252 valence electrons. The lowest BCUT2D eigenvalue weighted by Crippen LogP contribution is -2.48. The van der Waals surface area contributed by atoms with E-state index in [0.29, 0.717) is 36.3 Å². The Bertz CT molecular complexity index is 1810. The summed E-state index contributed by atoms with van der Waals surface area (Å²) in [7, 11) is -1.78. The van der Waals surface area contributed by atoms with Gasteiger partial charge in [0.2, 0.25) is 0 Å². The van der Waals surface area contributed by atoms with E-state index < -0.39 is 38.3 Å². The van der Waals surface area contributed by atoms with E-state index in [2.05, 4.69) is 4.90 Å². The average Bonchev–Trinajstić information content (AvgIpc) is 3.77. The highest BCUT2D eigenvalue weighted by molar-refractivity contribution is 7.90. The molecular formula is C35H39Cl2FN2O6S. The van der Waals surface area contributed by atoms with Gasteiger partial charge >= 0.3 is 0 Å². The number of nitrogens with zero attached hydrogens (tertiary/aromatic N) is 2. The van der Waals surface area contributed by atoms with Crippen molar-refractivity contribution in [2.24, 2.45) is 11.3 Å². The van der Waals surface area contributed by atoms with Gasteiger partial charge in [0.05, 0.1) is 41.4 Å². The van der Waals surface area contributed by atoms with Crippen LogP contribution < -0.4 is 0 Å². The third kappa shape index (κ3) is 6.23. The number of hydrogen-bond acceptors (Lipinski definition) is 7. The monoisotopic (exact) mass is 704 g/mol. The van der Waals surface area contributed by atoms with Crippen molar-refractivity contribution in [2.45, 2.75) is 55.4 Å². The smallest absolute Gasteiger partial charge is 0.257 e. The molecule has 8 nitrogen and oxygen atoms in total. The van der Waals surface area contributed by atoms with Gasteiger partial charge in [-0.25, -0.2) is 12.8 Å². The second-order valence-electron chi connectivity index (χ2n) is 13.6. The summed E-state index contributed by atoms with van der Waals surface area (Å²) in [5.41, 5.74) is -2.94. The Morgan fingerprint density at radius 2 is 1.68 bits per heavy atom. The number of ether oxygens (including phenoxy) is 1. The maximum atomic E-state index is 16.9. The number of fused-ring (bicyclic) bond motifs is 1. The van der Waals surface area contributed by atoms with Gasteiger partial charge in [-0.1, -0.05) is 41.4 Å². The number of amides is 1. The highest BCUT2D eigenvalue weighted by Crippen LogP contribution is 2.53. The number of likely N-dealkylation sites (tertiary alicyclic amines) is 1. The molecule has 12 heteroatoms. The molecule has 0 radical (unpaired) electrons. The molecule has 1 saturated heterocycles. The van der Waals surface area contributed by atoms with E-state index in [0.717, 1.165) is 19.3 Å². The van der Waals surface area contributed by atoms with E-state index in [-0.39, 0.29) is 57.8 Å². The van der Waals surface area contributed by atoms with E-state index >= 15 is 4.39 Å². The molecule has 3 aromatic carbocycles. The number of piperidine rings is 1. The number of rotatable bonds is 10. The van der Waals surface area contributed by atoms with Crippen LogP contribution in [0.4, 0.5) is 4.39 Å². The van der Waals surface area contributed by atoms with Crippen LogP contribution in [0.3, 0.4) is 0 Å². The fourth-order valence-electron chi connectivity index (χ4n) is 6.99. The molecule has 1 saturated carbocycles. The quantitative estimate of drug-likeness (QED) is 0.278. The molecule has 2 N–H and O–H groups in total. The number of hydrogen-bond donors (Lipinski definition) is 2. The zero-order chi connectivity index (χ0) is 33.9. The standard InChI is InChI=1S/C35H39Cl2FN2O6S/c1-33(43,23-10-14-39(2)15-11-23)25-16-28-31(29(38)17-25)35(24-5-8-26(36)9-6-24,46-21-34(20-41)12-13-34)40(32(28)42)19-22-4-7-27(37)18-30(22)47(3,44)45/h4-9,16-18,23,41,43H,10-15,19-21H2,1-3H3. The van der Waals surface area contributed by atoms with E-state index in [4.69, 9.17) is 27.9 Å². The van der Waals surface area contributed by atoms with Gasteiger partial charge in [0.25, 0.3) is 5.91 Å². The van der Waals surface area contributed by atoms with Gasteiger partial charge in [0.1, 0.15) is 5.82 Å². The van der Waals surface area contributed by atoms with E-state index in [1.54, 1.807) is 37.3 Å². The van der Waals surface area contributed by atoms with Crippen LogP contribution in [0.25, 0.3) is 0 Å². The zero-order valence-corrected chi connectivity index (χ0v) is 28.9. The van der Waals surface area contributed by atoms with Gasteiger partial charge in [0, 0.05) is 27.3 Å². The highest BCUT2D eigenvalue weighted by Gasteiger charge is 2.57. The minimum absolute atomic E-state index is 0.00337. The third-order valence-electron chi connectivity index (χ3n) is 10.3. The number of benzene rings is 3. The van der Waals surface area contributed by atoms with E-state index in [9.17, 15) is 23.4 Å². The summed E-state index contributed by atoms with van der Waals surface area (Å²) in [5, 5.41) is 22.7. The first kappa shape index (κ1) is 34.3. The summed E-state index contributed by atoms with van der Waals surface area (Å²) in [4.78, 5) is 18.1. The fraction of sp³-hybridized carbons (Fsp3) is 0.457. The first-order valence-corrected chi connectivity index (χ1v) is 18.3. The van der Waals surface area contributed by atoms with Crippen LogP contribution >= 0.6 is 23.2 Å². The molecule has 1 aliphatic carbocycles. The molecule has 2 unspecified atom stereocenters. The number of halogens is 3. The largest absolute Gasteiger partial charge is 0.396 e. The van der Waals surface area contributed by atoms with Crippen molar-refractivity contribution in [3.05, 3.63) is 98.3 Å². The van der Waals surface area contributed by atoms with Crippen molar-refractivity contribution in [1.82, 2.24) is 9.80 Å². The molecule has 2 fully saturated rings. The summed E-state index contributed by atoms with van der Waals surface area (Å²) >= 11 is 12.5. The van der Waals surface area contributed by atoms with Crippen molar-refractivity contribution in [3.63, 3.8) is 0 Å². The molecule has 0 aromatic heterocycles. The van der Waals surface area contributed by atoms with Crippen molar-refractivity contribution in [1.29, 1.82) is 0 Å². The van der Waals surface area contributed by atoms with Gasteiger partial charge in [0.15, 0.2) is 15.6 Å². The van der Waals surface area contributed by atoms with Crippen LogP contribution in [0.2, 0.25) is 10.0 Å². The van der Waals surface area contributed by atoms with Gasteiger partial charge < -0.3 is 19.8 Å². The molecule has 1 amide bonds. The summed E-state index contributed by atoms with van der Waals surface area (Å²) < 4.78 is 49.5. The molecule has 2 atom stereocenters. The topological polar surface area (TPSA) is 107 Å². The van der Waals surface area contributed by atoms with Crippen molar-refractivity contribution in [3.8, 4) is 0 Å². The Kier molecular flexibility index (Phi) is 9.04. The molecule has 2 heterocycles. The van der Waals surface area contributed by atoms with Crippen molar-refractivity contribution >= 4 is 38.9 Å². The molecule has 0 bridgehead atoms. The van der Waals surface area contributed by atoms with Crippen LogP contribution in [0, 0.1) is 17.2 Å². The van der Waals surface area contributed by atoms with Crippen LogP contribution in [0.15, 0.2) is 59.5 Å². The summed E-state index contributed by atoms with van der Waals surface area (Å²) in [6, 6.07) is 13.8. The summed E-state index contributed by atoms with van der Waals surface area (Å²) in [5.74, 6) is -1.50. The minimum atomic E-state index is -3.79. The van der Waals surface area contributed by atoms with Gasteiger partial charge in [-0.3, -0.25) is 9.69 Å². The lowest BCUT2D eigenvalue weighted by Gasteiger charge is -2.41. The van der Waals surface area contributed by atoms with Gasteiger partial charge in [-0.2, -0.15) is 0 Å². The normalized spacial score (nSPS) is 22.7. The second kappa shape index (κ2) is 12.4. The lowest BCUT2D eigenvalue weighted by molar-refractivity contribution is -0.130. The Labute approximate surface area is 285 Å². The Balaban J connectivity index is 1.56. The molecule has 0 spiro atoms. The molecule has 3 aliphatic rings. The molecular weight excluding hydrogens is 666 g/mol. The zero-order valence-electron chi connectivity index (χ0n) is 26.6. The number of carbonyl (C=O) groups is 1. The Morgan fingerprint density at radius 1 is 1.04 bits per heavy atom. The van der Waals surface area contributed by atoms with Crippen molar-refractivity contribution < 1.29 is 32.6 Å². The fourth-order valence-corrected chi connectivity index (χ4v) is 8.30. The number of aliphatic hydroxyl groups excluding tert-OH is 1. The Morgan fingerprint density at radius 3 is 2.28 bits per heavy atom. The first-order chi connectivity index (χ1) is 22.1. The van der Waals surface area contributed by atoms with E-state index in [1.165, 1.54) is 29.2 Å². The van der Waals surface area contributed by atoms with Gasteiger partial charge in [-0.05, 0) is 106 Å². The predicted molar refractivity (Wildman–Crippen MR) is 178 cm³/mol. The summed E-state index contributed by atoms with van der Waals surface area (Å²) in [6.07, 6.45) is 3.84. The van der Waals surface area contributed by atoms with Crippen LogP contribution in [0.1, 0.15) is 65.2 Å². The maximum Gasteiger partial charge on any atom is 0.257 e. The lowest BCUT2D eigenvalue weighted by atomic mass is 9.76. The van der Waals surface area contributed by atoms with Crippen molar-refractivity contribution in [2.75, 3.05) is 39.6 Å². The first-order valence-electron chi connectivity index (χ1n) is 15.7. The molecule has 3 aromatic rings. The average molecular weight is 706 g/mol. The summed E-state index contributed by atoms with van der Waals surface area (Å²) in [6.45, 7) is 2.80. The SMILES string of the molecule is CN1CCC(C(C)(O)c2cc(F)c3c(c2)C(=O)N(Cc2ccc(Cl)cc2S(C)(=O)=O)C3(OCC2(CO)CC2)c2ccc(Cl)cc2)CC1. The van der Waals surface area contributed by atoms with Crippen LogP contribution in [-0.2, 0) is 32.4 Å². The van der Waals surface area contributed by atoms with Gasteiger partial charge in [-0.15, -0.1) is 0 Å². The number of sulfone groups is 1. The maximum absolute atomic E-state index is 16.9.